The summed E-state index contributed by atoms with van der Waals surface area (Å²) in [7, 11) is -2.66. The number of nitrogens with one attached hydrogen (secondary N) is 1. The molecule has 1 aliphatic rings. The van der Waals surface area contributed by atoms with Crippen LogP contribution in [-0.2, 0) is 23.9 Å². The Morgan fingerprint density at radius 3 is 2.64 bits per heavy atom. The van der Waals surface area contributed by atoms with Gasteiger partial charge in [0.25, 0.3) is 0 Å². The van der Waals surface area contributed by atoms with Gasteiger partial charge in [0.2, 0.25) is 0 Å². The van der Waals surface area contributed by atoms with E-state index < -0.39 is 27.9 Å². The fourth-order valence-corrected chi connectivity index (χ4v) is 3.14. The Balaban J connectivity index is 2.53. The molecule has 1 unspecified atom stereocenters. The van der Waals surface area contributed by atoms with Gasteiger partial charge in [0.15, 0.2) is 11.6 Å². The monoisotopic (exact) mass is 454 g/mol. The number of methoxy groups -OCH3 is 1. The Kier molecular flexibility index (Phi) is 7.13. The minimum absolute atomic E-state index is 0.0630. The van der Waals surface area contributed by atoms with Crippen molar-refractivity contribution in [3.8, 4) is 5.75 Å². The molecule has 0 aliphatic carbocycles. The number of carbonyl (C=O) groups excluding carboxylic acids is 1. The zero-order valence-electron chi connectivity index (χ0n) is 15.1. The van der Waals surface area contributed by atoms with Gasteiger partial charge in [-0.1, -0.05) is 34.4 Å². The van der Waals surface area contributed by atoms with E-state index in [-0.39, 0.29) is 45.8 Å². The zero-order chi connectivity index (χ0) is 21.1. The van der Waals surface area contributed by atoms with Gasteiger partial charge in [-0.05, 0) is 13.0 Å². The number of ether oxygens (including phenoxy) is 2. The van der Waals surface area contributed by atoms with Crippen LogP contribution in [-0.4, -0.2) is 40.1 Å². The summed E-state index contributed by atoms with van der Waals surface area (Å²) in [6.07, 6.45) is 0.711. The highest BCUT2D eigenvalue weighted by Crippen LogP contribution is 2.36. The van der Waals surface area contributed by atoms with E-state index in [1.807, 2.05) is 0 Å². The number of allylic oxidation sites excluding steroid dienone is 1. The lowest BCUT2D eigenvalue weighted by Crippen LogP contribution is -2.35. The van der Waals surface area contributed by atoms with E-state index in [9.17, 15) is 17.6 Å². The quantitative estimate of drug-likeness (QED) is 0.520. The summed E-state index contributed by atoms with van der Waals surface area (Å²) in [5.41, 5.74) is -0.185. The lowest BCUT2D eigenvalue weighted by Gasteiger charge is -2.28. The Morgan fingerprint density at radius 1 is 1.39 bits per heavy atom. The van der Waals surface area contributed by atoms with Gasteiger partial charge in [-0.25, -0.2) is 9.18 Å². The molecule has 1 N–H and O–H groups in total. The number of esters is 1. The van der Waals surface area contributed by atoms with Crippen LogP contribution in [0.2, 0.25) is 5.02 Å². The van der Waals surface area contributed by atoms with Gasteiger partial charge in [0.05, 0.1) is 36.1 Å². The van der Waals surface area contributed by atoms with E-state index >= 15 is 0 Å². The minimum Gasteiger partial charge on any atom is -0.492 e. The molecule has 1 heterocycles. The first kappa shape index (κ1) is 22.3. The summed E-state index contributed by atoms with van der Waals surface area (Å²) in [6, 6.07) is 1.97. The van der Waals surface area contributed by atoms with Crippen molar-refractivity contribution in [1.29, 1.82) is 0 Å². The molecule has 0 bridgehead atoms. The maximum atomic E-state index is 14.8. The van der Waals surface area contributed by atoms with Gasteiger partial charge in [-0.15, -0.1) is 0 Å². The summed E-state index contributed by atoms with van der Waals surface area (Å²) < 4.78 is 51.6. The number of rotatable bonds is 6. The summed E-state index contributed by atoms with van der Waals surface area (Å²) >= 11 is 12.1. The standard InChI is InChI=1S/C16H17Cl2FN2O6S/c1-4-26-16(22)14-12(18)11(21-27-28(3,23)24)7-10(20-14)8-5-6-9(17)15(25-2)13(8)19/h5-6,10,20H,4,7H2,1-3H3. The third-order valence-electron chi connectivity index (χ3n) is 3.61. The molecule has 0 radical (unpaired) electrons. The molecule has 1 aliphatic heterocycles. The maximum Gasteiger partial charge on any atom is 0.356 e. The van der Waals surface area contributed by atoms with Crippen LogP contribution in [0.1, 0.15) is 24.9 Å². The van der Waals surface area contributed by atoms with E-state index in [4.69, 9.17) is 32.7 Å². The van der Waals surface area contributed by atoms with Gasteiger partial charge >= 0.3 is 16.1 Å². The fourth-order valence-electron chi connectivity index (χ4n) is 2.45. The molecule has 0 saturated carbocycles. The molecule has 28 heavy (non-hydrogen) atoms. The molecule has 154 valence electrons. The largest absolute Gasteiger partial charge is 0.492 e. The number of nitrogens with zero attached hydrogens (tertiary/aromatic N) is 1. The van der Waals surface area contributed by atoms with Gasteiger partial charge in [-0.3, -0.25) is 4.28 Å². The Bertz CT molecular complexity index is 949. The molecule has 0 saturated heterocycles. The summed E-state index contributed by atoms with van der Waals surface area (Å²) in [6.45, 7) is 1.66. The van der Waals surface area contributed by atoms with Crippen molar-refractivity contribution in [2.75, 3.05) is 20.0 Å². The molecule has 2 rings (SSSR count). The molecule has 0 fully saturated rings. The number of halogens is 3. The van der Waals surface area contributed by atoms with Crippen LogP contribution in [0.15, 0.2) is 28.0 Å². The number of carbonyl (C=O) groups is 1. The predicted octanol–water partition coefficient (Wildman–Crippen LogP) is 2.87. The lowest BCUT2D eigenvalue weighted by molar-refractivity contribution is -0.139. The number of hydrogen-bond donors (Lipinski definition) is 1. The number of hydrogen-bond acceptors (Lipinski definition) is 8. The summed E-state index contributed by atoms with van der Waals surface area (Å²) in [4.78, 5) is 12.2. The van der Waals surface area contributed by atoms with E-state index in [1.165, 1.54) is 19.2 Å². The highest BCUT2D eigenvalue weighted by atomic mass is 35.5. The van der Waals surface area contributed by atoms with Gasteiger partial charge in [0, 0.05) is 12.0 Å². The molecule has 1 atom stereocenters. The van der Waals surface area contributed by atoms with Crippen LogP contribution in [0.5, 0.6) is 5.75 Å². The van der Waals surface area contributed by atoms with Gasteiger partial charge in [-0.2, -0.15) is 8.42 Å². The predicted molar refractivity (Wildman–Crippen MR) is 101 cm³/mol. The van der Waals surface area contributed by atoms with Crippen molar-refractivity contribution in [2.45, 2.75) is 19.4 Å². The minimum atomic E-state index is -3.92. The van der Waals surface area contributed by atoms with Crippen LogP contribution >= 0.6 is 23.2 Å². The Morgan fingerprint density at radius 2 is 2.07 bits per heavy atom. The van der Waals surface area contributed by atoms with Crippen LogP contribution in [0, 0.1) is 5.82 Å². The number of oxime groups is 1. The molecule has 8 nitrogen and oxygen atoms in total. The van der Waals surface area contributed by atoms with E-state index in [2.05, 4.69) is 14.8 Å². The molecule has 0 aromatic heterocycles. The SMILES string of the molecule is CCOC(=O)C1=C(Cl)C(=NOS(C)(=O)=O)CC(c2ccc(Cl)c(OC)c2F)N1. The lowest BCUT2D eigenvalue weighted by atomic mass is 9.96. The first-order valence-corrected chi connectivity index (χ1v) is 10.5. The van der Waals surface area contributed by atoms with Crippen molar-refractivity contribution in [3.05, 3.63) is 39.3 Å². The van der Waals surface area contributed by atoms with Crippen molar-refractivity contribution >= 4 is 45.0 Å². The average molecular weight is 455 g/mol. The Labute approximate surface area is 171 Å². The third kappa shape index (κ3) is 5.06. The normalized spacial score (nSPS) is 18.6. The second-order valence-corrected chi connectivity index (χ2v) is 7.95. The van der Waals surface area contributed by atoms with Crippen LogP contribution in [0.25, 0.3) is 0 Å². The number of benzene rings is 1. The molecule has 12 heteroatoms. The van der Waals surface area contributed by atoms with Crippen molar-refractivity contribution in [3.63, 3.8) is 0 Å². The summed E-state index contributed by atoms with van der Waals surface area (Å²) in [5, 5.41) is 6.16. The second-order valence-electron chi connectivity index (χ2n) is 5.61. The highest BCUT2D eigenvalue weighted by Gasteiger charge is 2.33. The first-order valence-electron chi connectivity index (χ1n) is 7.90. The average Bonchev–Trinajstić information content (AvgIpc) is 2.61. The van der Waals surface area contributed by atoms with Gasteiger partial charge < -0.3 is 14.8 Å². The van der Waals surface area contributed by atoms with E-state index in [0.29, 0.717) is 0 Å². The van der Waals surface area contributed by atoms with Gasteiger partial charge in [0.1, 0.15) is 11.4 Å². The molecule has 0 amide bonds. The second kappa shape index (κ2) is 8.97. The molecule has 0 spiro atoms. The van der Waals surface area contributed by atoms with E-state index in [1.54, 1.807) is 6.92 Å². The topological polar surface area (TPSA) is 103 Å². The molecule has 1 aromatic carbocycles. The molecular formula is C16H17Cl2FN2O6S. The van der Waals surface area contributed by atoms with Crippen LogP contribution < -0.4 is 10.1 Å². The zero-order valence-corrected chi connectivity index (χ0v) is 17.4. The van der Waals surface area contributed by atoms with Crippen molar-refractivity contribution < 1.29 is 31.4 Å². The molecular weight excluding hydrogens is 438 g/mol. The smallest absolute Gasteiger partial charge is 0.356 e. The summed E-state index contributed by atoms with van der Waals surface area (Å²) in [5.74, 6) is -1.74. The fraction of sp³-hybridized carbons (Fsp3) is 0.375. The van der Waals surface area contributed by atoms with Crippen LogP contribution in [0.4, 0.5) is 4.39 Å². The highest BCUT2D eigenvalue weighted by molar-refractivity contribution is 7.85. The first-order chi connectivity index (χ1) is 13.1. The Hall–Kier alpha value is -2.04. The van der Waals surface area contributed by atoms with E-state index in [0.717, 1.165) is 6.26 Å². The molecule has 1 aromatic rings. The van der Waals surface area contributed by atoms with Crippen molar-refractivity contribution in [1.82, 2.24) is 5.32 Å². The van der Waals surface area contributed by atoms with Crippen LogP contribution in [0.3, 0.4) is 0 Å². The maximum absolute atomic E-state index is 14.8. The third-order valence-corrected chi connectivity index (χ3v) is 4.66. The van der Waals surface area contributed by atoms with Crippen molar-refractivity contribution in [2.24, 2.45) is 5.16 Å².